The molecule has 0 aliphatic rings. The van der Waals surface area contributed by atoms with Crippen LogP contribution in [0, 0.1) is 5.92 Å². The zero-order valence-corrected chi connectivity index (χ0v) is 16.6. The molecule has 0 rings (SSSR count). The second-order valence-electron chi connectivity index (χ2n) is 4.21. The van der Waals surface area contributed by atoms with Gasteiger partial charge >= 0.3 is 96.7 Å². The van der Waals surface area contributed by atoms with Gasteiger partial charge in [-0.2, -0.15) is 0 Å². The van der Waals surface area contributed by atoms with Crippen molar-refractivity contribution in [3.63, 3.8) is 0 Å². The molecular weight excluding hydrogens is 327 g/mol. The van der Waals surface area contributed by atoms with Gasteiger partial charge in [-0.1, -0.05) is 13.0 Å². The number of esters is 1. The van der Waals surface area contributed by atoms with Gasteiger partial charge in [-0.05, 0) is 13.3 Å². The summed E-state index contributed by atoms with van der Waals surface area (Å²) in [5.74, 6) is -2.10. The topological polar surface area (TPSA) is 118 Å². The van der Waals surface area contributed by atoms with Crippen molar-refractivity contribution >= 4 is 71.0 Å². The maximum atomic E-state index is 10.8. The Bertz CT molecular complexity index is 431. The Hall–Kier alpha value is 0.226. The Labute approximate surface area is 159 Å². The number of allylic oxidation sites excluding steroid dienone is 1. The Morgan fingerprint density at radius 3 is 2.24 bits per heavy atom. The van der Waals surface area contributed by atoms with Crippen molar-refractivity contribution in [2.45, 2.75) is 27.2 Å². The molecule has 1 atom stereocenters. The van der Waals surface area contributed by atoms with Gasteiger partial charge in [0.25, 0.3) is 0 Å². The molecule has 0 spiro atoms. The van der Waals surface area contributed by atoms with Gasteiger partial charge in [-0.25, -0.2) is 4.79 Å². The summed E-state index contributed by atoms with van der Waals surface area (Å²) in [5, 5.41) is 8.61. The molecule has 21 heavy (non-hydrogen) atoms. The van der Waals surface area contributed by atoms with E-state index in [2.05, 4.69) is 0 Å². The number of carbonyl (C=O) groups excluding carboxylic acids is 1. The van der Waals surface area contributed by atoms with E-state index in [0.717, 1.165) is 0.515 Å². The van der Waals surface area contributed by atoms with Gasteiger partial charge in [0, 0.05) is 6.08 Å². The van der Waals surface area contributed by atoms with Gasteiger partial charge in [0.15, 0.2) is 0 Å². The molecule has 118 valence electrons. The zero-order valence-electron chi connectivity index (χ0n) is 12.6. The van der Waals surface area contributed by atoms with Crippen LogP contribution in [0.2, 0.25) is 0.515 Å². The van der Waals surface area contributed by atoms with Crippen LogP contribution in [-0.4, -0.2) is 91.3 Å². The summed E-state index contributed by atoms with van der Waals surface area (Å²) >= 11 is 0.706. The third-order valence-electron chi connectivity index (χ3n) is 2.33. The van der Waals surface area contributed by atoms with Crippen LogP contribution in [0.15, 0.2) is 12.2 Å². The predicted molar refractivity (Wildman–Crippen MR) is 78.8 cm³/mol. The predicted octanol–water partition coefficient (Wildman–Crippen LogP) is 1.07. The van der Waals surface area contributed by atoms with Crippen molar-refractivity contribution < 1.29 is 32.4 Å². The molecule has 7 nitrogen and oxygen atoms in total. The molecule has 0 aliphatic carbocycles. The molecule has 0 amide bonds. The number of hydrogen-bond acceptors (Lipinski definition) is 5. The Morgan fingerprint density at radius 2 is 1.95 bits per heavy atom. The fourth-order valence-corrected chi connectivity index (χ4v) is 3.06. The standard InChI is InChI=1S/C9H14O4.C3H7O3S.K/c1-3-5-8(10)13-6-7(4-2)9(11)12;1-2-3-7(4,5)6;/h3,5,7H,4,6H2,1-2H3,(H,11,12);1-3H2,(H,4,5,6);. The van der Waals surface area contributed by atoms with Gasteiger partial charge in [0.05, 0.1) is 5.92 Å². The summed E-state index contributed by atoms with van der Waals surface area (Å²) < 4.78 is 33.7. The van der Waals surface area contributed by atoms with Gasteiger partial charge in [0.1, 0.15) is 6.61 Å². The first-order valence-electron chi connectivity index (χ1n) is 6.65. The third-order valence-corrected chi connectivity index (χ3v) is 4.24. The number of carboxylic acid groups (broad SMARTS) is 1. The van der Waals surface area contributed by atoms with E-state index in [1.54, 1.807) is 19.9 Å². The fourth-order valence-electron chi connectivity index (χ4n) is 1.06. The van der Waals surface area contributed by atoms with Crippen LogP contribution in [0.4, 0.5) is 0 Å². The number of aliphatic carboxylic acids is 1. The molecule has 1 unspecified atom stereocenters. The average molecular weight is 348 g/mol. The minimum atomic E-state index is -3.66. The van der Waals surface area contributed by atoms with Crippen LogP contribution in [-0.2, 0) is 24.4 Å². The Kier molecular flexibility index (Phi) is 15.5. The van der Waals surface area contributed by atoms with Gasteiger partial charge in [-0.3, -0.25) is 4.79 Å². The molecule has 0 aromatic rings. The normalized spacial score (nSPS) is 12.4. The molecule has 0 fully saturated rings. The van der Waals surface area contributed by atoms with E-state index in [-0.39, 0.29) is 12.4 Å². The summed E-state index contributed by atoms with van der Waals surface area (Å²) in [4.78, 5) is 21.3. The van der Waals surface area contributed by atoms with E-state index in [1.807, 2.05) is 0 Å². The van der Waals surface area contributed by atoms with Crippen molar-refractivity contribution in [2.24, 2.45) is 5.92 Å². The van der Waals surface area contributed by atoms with Crippen molar-refractivity contribution in [2.75, 3.05) is 12.4 Å². The molecular formula is C12H21KO7S. The van der Waals surface area contributed by atoms with Gasteiger partial charge < -0.3 is 9.84 Å². The van der Waals surface area contributed by atoms with Crippen molar-refractivity contribution in [3.05, 3.63) is 12.2 Å². The van der Waals surface area contributed by atoms with Gasteiger partial charge in [0.2, 0.25) is 0 Å². The second-order valence-corrected chi connectivity index (χ2v) is 7.35. The quantitative estimate of drug-likeness (QED) is 0.291. The number of carboxylic acids is 1. The summed E-state index contributed by atoms with van der Waals surface area (Å²) in [6.07, 6.45) is 3.88. The molecule has 0 radical (unpaired) electrons. The van der Waals surface area contributed by atoms with Crippen molar-refractivity contribution in [1.82, 2.24) is 0 Å². The third kappa shape index (κ3) is 18.2. The first-order chi connectivity index (χ1) is 9.67. The van der Waals surface area contributed by atoms with Crippen molar-refractivity contribution in [1.29, 1.82) is 0 Å². The SMILES string of the molecule is CC=CC(=O)OCC(CC)C(=O)O.O=S(=O)(O)CC[CH2][K]. The summed E-state index contributed by atoms with van der Waals surface area (Å²) in [7, 11) is -3.66. The van der Waals surface area contributed by atoms with Crippen molar-refractivity contribution in [3.8, 4) is 0 Å². The molecule has 0 heterocycles. The summed E-state index contributed by atoms with van der Waals surface area (Å²) in [6.45, 7) is 3.37. The second kappa shape index (κ2) is 13.9. The fraction of sp³-hybridized carbons (Fsp3) is 0.667. The van der Waals surface area contributed by atoms with E-state index in [1.165, 1.54) is 6.08 Å². The van der Waals surface area contributed by atoms with Gasteiger partial charge in [-0.15, -0.1) is 0 Å². The van der Waals surface area contributed by atoms with Crippen LogP contribution >= 0.6 is 0 Å². The molecule has 2 N–H and O–H groups in total. The molecule has 9 heteroatoms. The zero-order chi connectivity index (χ0) is 16.9. The monoisotopic (exact) mass is 348 g/mol. The van der Waals surface area contributed by atoms with Crippen LogP contribution in [0.25, 0.3) is 0 Å². The van der Waals surface area contributed by atoms with Crippen LogP contribution in [0.1, 0.15) is 26.7 Å². The van der Waals surface area contributed by atoms with Crippen LogP contribution in [0.3, 0.4) is 0 Å². The number of carbonyl (C=O) groups is 2. The number of rotatable bonds is 8. The van der Waals surface area contributed by atoms with E-state index in [4.69, 9.17) is 14.4 Å². The Morgan fingerprint density at radius 1 is 1.38 bits per heavy atom. The van der Waals surface area contributed by atoms with Crippen LogP contribution < -0.4 is 0 Å². The van der Waals surface area contributed by atoms with Crippen LogP contribution in [0.5, 0.6) is 0 Å². The minimum absolute atomic E-state index is 0.0605. The Balaban J connectivity index is 0. The average Bonchev–Trinajstić information content (AvgIpc) is 2.37. The summed E-state index contributed by atoms with van der Waals surface area (Å²) in [5.41, 5.74) is 0. The molecule has 0 saturated heterocycles. The molecule has 0 saturated carbocycles. The van der Waals surface area contributed by atoms with E-state index >= 15 is 0 Å². The first kappa shape index (κ1) is 23.5. The maximum absolute atomic E-state index is 10.8. The molecule has 0 aromatic heterocycles. The van der Waals surface area contributed by atoms with E-state index < -0.39 is 28.0 Å². The molecule has 0 bridgehead atoms. The summed E-state index contributed by atoms with van der Waals surface area (Å²) in [6, 6.07) is 0. The number of ether oxygens (including phenoxy) is 1. The van der Waals surface area contributed by atoms with E-state index in [0.29, 0.717) is 61.8 Å². The molecule has 0 aliphatic heterocycles. The molecule has 0 aromatic carbocycles. The van der Waals surface area contributed by atoms with E-state index in [9.17, 15) is 18.0 Å². The first-order valence-corrected chi connectivity index (χ1v) is 10.5. The number of hydrogen-bond donors (Lipinski definition) is 2.